The Labute approximate surface area is 71.9 Å². The Morgan fingerprint density at radius 2 is 2.17 bits per heavy atom. The summed E-state index contributed by atoms with van der Waals surface area (Å²) in [7, 11) is 0. The molecule has 3 aliphatic carbocycles. The minimum absolute atomic E-state index is 0.251. The second kappa shape index (κ2) is 1.94. The number of hydrogen-bond acceptors (Lipinski definition) is 2. The van der Waals surface area contributed by atoms with Crippen molar-refractivity contribution in [2.24, 2.45) is 17.8 Å². The van der Waals surface area contributed by atoms with Crippen LogP contribution in [0, 0.1) is 17.8 Å². The van der Waals surface area contributed by atoms with Gasteiger partial charge in [-0.2, -0.15) is 0 Å². The van der Waals surface area contributed by atoms with E-state index < -0.39 is 5.60 Å². The van der Waals surface area contributed by atoms with E-state index >= 15 is 0 Å². The topological polar surface area (TPSA) is 40.5 Å². The van der Waals surface area contributed by atoms with Crippen LogP contribution in [0.25, 0.3) is 0 Å². The summed E-state index contributed by atoms with van der Waals surface area (Å²) < 4.78 is 0. The monoisotopic (exact) mass is 166 g/mol. The van der Waals surface area contributed by atoms with Crippen molar-refractivity contribution in [3.63, 3.8) is 0 Å². The van der Waals surface area contributed by atoms with E-state index in [9.17, 15) is 10.2 Å². The molecule has 0 saturated heterocycles. The summed E-state index contributed by atoms with van der Waals surface area (Å²) in [6.45, 7) is 0. The lowest BCUT2D eigenvalue weighted by molar-refractivity contribution is -0.0369. The lowest BCUT2D eigenvalue weighted by atomic mass is 9.78. The average Bonchev–Trinajstić information content (AvgIpc) is 2.57. The molecule has 3 rings (SSSR count). The molecule has 2 saturated carbocycles. The molecule has 3 aliphatic rings. The van der Waals surface area contributed by atoms with Crippen molar-refractivity contribution in [3.8, 4) is 0 Å². The lowest BCUT2D eigenvalue weighted by Crippen LogP contribution is -2.38. The molecule has 5 unspecified atom stereocenters. The number of hydrogen-bond donors (Lipinski definition) is 2. The van der Waals surface area contributed by atoms with Crippen molar-refractivity contribution >= 4 is 0 Å². The van der Waals surface area contributed by atoms with Crippen LogP contribution < -0.4 is 0 Å². The first-order valence-corrected chi connectivity index (χ1v) is 4.78. The van der Waals surface area contributed by atoms with Gasteiger partial charge in [0.25, 0.3) is 0 Å². The minimum atomic E-state index is -0.530. The second-order valence-electron chi connectivity index (χ2n) is 4.59. The molecule has 0 aliphatic heterocycles. The zero-order valence-electron chi connectivity index (χ0n) is 6.98. The van der Waals surface area contributed by atoms with Gasteiger partial charge in [0.15, 0.2) is 0 Å². The highest BCUT2D eigenvalue weighted by Gasteiger charge is 2.60. The van der Waals surface area contributed by atoms with Crippen LogP contribution in [0.1, 0.15) is 19.3 Å². The predicted molar refractivity (Wildman–Crippen MR) is 44.4 cm³/mol. The van der Waals surface area contributed by atoms with Gasteiger partial charge in [-0.3, -0.25) is 0 Å². The van der Waals surface area contributed by atoms with Gasteiger partial charge in [-0.1, -0.05) is 12.2 Å². The highest BCUT2D eigenvalue weighted by Crippen LogP contribution is 2.58. The minimum Gasteiger partial charge on any atom is -0.393 e. The molecule has 2 bridgehead atoms. The molecule has 0 aromatic rings. The maximum Gasteiger partial charge on any atom is 0.0713 e. The summed E-state index contributed by atoms with van der Waals surface area (Å²) in [6.07, 6.45) is 6.55. The normalized spacial score (nSPS) is 61.2. The fraction of sp³-hybridized carbons (Fsp3) is 0.800. The first-order valence-electron chi connectivity index (χ1n) is 4.78. The molecular weight excluding hydrogens is 152 g/mol. The van der Waals surface area contributed by atoms with Crippen molar-refractivity contribution in [2.45, 2.75) is 31.0 Å². The van der Waals surface area contributed by atoms with Crippen LogP contribution in [-0.2, 0) is 0 Å². The first kappa shape index (κ1) is 7.10. The molecule has 0 aromatic heterocycles. The Morgan fingerprint density at radius 1 is 1.33 bits per heavy atom. The molecular formula is C10H14O2. The van der Waals surface area contributed by atoms with Gasteiger partial charge in [-0.25, -0.2) is 0 Å². The van der Waals surface area contributed by atoms with E-state index in [1.54, 1.807) is 0 Å². The molecule has 12 heavy (non-hydrogen) atoms. The van der Waals surface area contributed by atoms with E-state index in [-0.39, 0.29) is 6.10 Å². The van der Waals surface area contributed by atoms with Gasteiger partial charge in [0, 0.05) is 6.42 Å². The van der Waals surface area contributed by atoms with Gasteiger partial charge in [-0.15, -0.1) is 0 Å². The number of fused-ring (bicyclic) bond motifs is 5. The maximum atomic E-state index is 10.2. The average molecular weight is 166 g/mol. The Morgan fingerprint density at radius 3 is 3.00 bits per heavy atom. The van der Waals surface area contributed by atoms with Gasteiger partial charge in [0.2, 0.25) is 0 Å². The van der Waals surface area contributed by atoms with Gasteiger partial charge >= 0.3 is 0 Å². The van der Waals surface area contributed by atoms with Crippen molar-refractivity contribution in [2.75, 3.05) is 0 Å². The fourth-order valence-corrected chi connectivity index (χ4v) is 3.53. The van der Waals surface area contributed by atoms with Crippen LogP contribution in [0.15, 0.2) is 12.2 Å². The zero-order chi connectivity index (χ0) is 8.34. The lowest BCUT2D eigenvalue weighted by Gasteiger charge is -2.33. The van der Waals surface area contributed by atoms with E-state index in [2.05, 4.69) is 12.2 Å². The first-order chi connectivity index (χ1) is 5.71. The van der Waals surface area contributed by atoms with E-state index in [1.807, 2.05) is 0 Å². The number of aliphatic hydroxyl groups excluding tert-OH is 1. The predicted octanol–water partition coefficient (Wildman–Crippen LogP) is 0.694. The quantitative estimate of drug-likeness (QED) is 0.520. The van der Waals surface area contributed by atoms with Crippen molar-refractivity contribution < 1.29 is 10.2 Å². The van der Waals surface area contributed by atoms with Gasteiger partial charge < -0.3 is 10.2 Å². The molecule has 2 nitrogen and oxygen atoms in total. The van der Waals surface area contributed by atoms with Crippen LogP contribution >= 0.6 is 0 Å². The maximum absolute atomic E-state index is 10.2. The van der Waals surface area contributed by atoms with E-state index in [4.69, 9.17) is 0 Å². The van der Waals surface area contributed by atoms with Gasteiger partial charge in [0.05, 0.1) is 11.7 Å². The third kappa shape index (κ3) is 0.639. The Balaban J connectivity index is 2.00. The molecule has 2 N–H and O–H groups in total. The molecule has 0 amide bonds. The second-order valence-corrected chi connectivity index (χ2v) is 4.59. The fourth-order valence-electron chi connectivity index (χ4n) is 3.53. The van der Waals surface area contributed by atoms with E-state index in [1.165, 1.54) is 0 Å². The summed E-state index contributed by atoms with van der Waals surface area (Å²) in [6, 6.07) is 0. The highest BCUT2D eigenvalue weighted by molar-refractivity contribution is 5.20. The molecule has 0 heterocycles. The Bertz CT molecular complexity index is 248. The van der Waals surface area contributed by atoms with Gasteiger partial charge in [0.1, 0.15) is 0 Å². The third-order valence-corrected chi connectivity index (χ3v) is 4.04. The zero-order valence-corrected chi connectivity index (χ0v) is 6.98. The Kier molecular flexibility index (Phi) is 1.15. The van der Waals surface area contributed by atoms with Crippen LogP contribution in [0.3, 0.4) is 0 Å². The van der Waals surface area contributed by atoms with Gasteiger partial charge in [-0.05, 0) is 30.6 Å². The molecule has 5 atom stereocenters. The van der Waals surface area contributed by atoms with Crippen LogP contribution in [-0.4, -0.2) is 21.9 Å². The third-order valence-electron chi connectivity index (χ3n) is 4.04. The SMILES string of the molecule is OC1CC2(O)CC1C1C=CCC12. The smallest absolute Gasteiger partial charge is 0.0713 e. The molecule has 66 valence electrons. The molecule has 0 aromatic carbocycles. The van der Waals surface area contributed by atoms with E-state index in [0.29, 0.717) is 24.2 Å². The summed E-state index contributed by atoms with van der Waals surface area (Å²) >= 11 is 0. The Hall–Kier alpha value is -0.340. The number of allylic oxidation sites excluding steroid dienone is 2. The molecule has 2 fully saturated rings. The standard InChI is InChI=1S/C10H14O2/c11-9-5-10(12)4-7(9)6-2-1-3-8(6)10/h1-2,6-9,11-12H,3-5H2. The number of aliphatic hydroxyl groups is 2. The van der Waals surface area contributed by atoms with Crippen molar-refractivity contribution in [1.29, 1.82) is 0 Å². The summed E-state index contributed by atoms with van der Waals surface area (Å²) in [4.78, 5) is 0. The number of rotatable bonds is 0. The van der Waals surface area contributed by atoms with Crippen molar-refractivity contribution in [1.82, 2.24) is 0 Å². The van der Waals surface area contributed by atoms with E-state index in [0.717, 1.165) is 12.8 Å². The van der Waals surface area contributed by atoms with Crippen LogP contribution in [0.4, 0.5) is 0 Å². The van der Waals surface area contributed by atoms with Crippen molar-refractivity contribution in [3.05, 3.63) is 12.2 Å². The largest absolute Gasteiger partial charge is 0.393 e. The summed E-state index contributed by atoms with van der Waals surface area (Å²) in [5, 5.41) is 19.8. The van der Waals surface area contributed by atoms with Crippen LogP contribution in [0.2, 0.25) is 0 Å². The molecule has 0 radical (unpaired) electrons. The molecule has 2 heteroatoms. The summed E-state index contributed by atoms with van der Waals surface area (Å²) in [5.41, 5.74) is -0.530. The van der Waals surface area contributed by atoms with Crippen LogP contribution in [0.5, 0.6) is 0 Å². The summed E-state index contributed by atoms with van der Waals surface area (Å²) in [5.74, 6) is 1.24. The highest BCUT2D eigenvalue weighted by atomic mass is 16.3. The molecule has 0 spiro atoms.